The lowest BCUT2D eigenvalue weighted by Crippen LogP contribution is -2.62. The van der Waals surface area contributed by atoms with Crippen LogP contribution in [0.1, 0.15) is 72.1 Å². The minimum Gasteiger partial charge on any atom is -0.479 e. The van der Waals surface area contributed by atoms with Crippen LogP contribution in [0.25, 0.3) is 0 Å². The number of aliphatic carboxylic acids is 1. The first-order valence-corrected chi connectivity index (χ1v) is 11.9. The lowest BCUT2D eigenvalue weighted by molar-refractivity contribution is -0.207. The number of carbonyl (C=O) groups is 1. The maximum absolute atomic E-state index is 14.0. The minimum atomic E-state index is -1.87. The van der Waals surface area contributed by atoms with Crippen molar-refractivity contribution in [2.24, 2.45) is 46.3 Å². The van der Waals surface area contributed by atoms with E-state index in [2.05, 4.69) is 13.8 Å². The van der Waals surface area contributed by atoms with E-state index < -0.39 is 29.8 Å². The Morgan fingerprint density at radius 2 is 1.77 bits per heavy atom. The first-order chi connectivity index (χ1) is 14.0. The van der Waals surface area contributed by atoms with Gasteiger partial charge in [0.1, 0.15) is 0 Å². The van der Waals surface area contributed by atoms with Crippen LogP contribution < -0.4 is 0 Å². The van der Waals surface area contributed by atoms with Gasteiger partial charge in [-0.25, -0.2) is 9.18 Å². The number of hydrogen-bond donors (Lipinski definition) is 4. The maximum Gasteiger partial charge on any atom is 0.338 e. The van der Waals surface area contributed by atoms with Gasteiger partial charge in [0.25, 0.3) is 0 Å². The van der Waals surface area contributed by atoms with Crippen molar-refractivity contribution in [1.82, 2.24) is 0 Å². The molecule has 4 rings (SSSR count). The highest BCUT2D eigenvalue weighted by molar-refractivity contribution is 5.72. The Kier molecular flexibility index (Phi) is 5.77. The van der Waals surface area contributed by atoms with Crippen LogP contribution in [0, 0.1) is 46.3 Å². The number of carboxylic acids is 1. The van der Waals surface area contributed by atoms with Crippen LogP contribution in [0.15, 0.2) is 0 Å². The van der Waals surface area contributed by atoms with E-state index in [0.717, 1.165) is 32.1 Å². The van der Waals surface area contributed by atoms with Gasteiger partial charge in [-0.2, -0.15) is 0 Å². The molecule has 0 saturated heterocycles. The summed E-state index contributed by atoms with van der Waals surface area (Å²) in [6.45, 7) is 6.33. The molecule has 4 aliphatic rings. The number of rotatable bonds is 4. The van der Waals surface area contributed by atoms with Gasteiger partial charge < -0.3 is 20.4 Å². The third kappa shape index (κ3) is 3.24. The number of halogens is 1. The summed E-state index contributed by atoms with van der Waals surface area (Å²) in [6, 6.07) is 0. The minimum absolute atomic E-state index is 0.0244. The monoisotopic (exact) mass is 426 g/mol. The van der Waals surface area contributed by atoms with Crippen molar-refractivity contribution in [2.75, 3.05) is 0 Å². The smallest absolute Gasteiger partial charge is 0.338 e. The van der Waals surface area contributed by atoms with E-state index >= 15 is 0 Å². The Balaban J connectivity index is 1.61. The van der Waals surface area contributed by atoms with E-state index in [4.69, 9.17) is 5.11 Å². The molecule has 4 saturated carbocycles. The zero-order chi connectivity index (χ0) is 22.0. The number of fused-ring (bicyclic) bond motifs is 5. The van der Waals surface area contributed by atoms with E-state index in [9.17, 15) is 24.5 Å². The lowest BCUT2D eigenvalue weighted by Gasteiger charge is -2.63. The van der Waals surface area contributed by atoms with E-state index in [0.29, 0.717) is 12.8 Å². The summed E-state index contributed by atoms with van der Waals surface area (Å²) in [5.74, 6) is -0.684. The molecular formula is C24H39FO5. The SMILES string of the molecule is C[C@H](C[C@@H](F)C(=O)O)[C@H]1CCC2C3C(C[C@H](O)[C@@]21C)[C@@]1(C)CC[C@@H](O)C[C@H]1C[C@H]3O. The van der Waals surface area contributed by atoms with Gasteiger partial charge in [0.2, 0.25) is 0 Å². The second kappa shape index (κ2) is 7.70. The third-order valence-corrected chi connectivity index (χ3v) is 10.4. The second-order valence-electron chi connectivity index (χ2n) is 11.5. The van der Waals surface area contributed by atoms with Gasteiger partial charge in [0.15, 0.2) is 6.17 Å². The number of hydrogen-bond acceptors (Lipinski definition) is 4. The molecule has 0 radical (unpaired) electrons. The Morgan fingerprint density at radius 1 is 1.07 bits per heavy atom. The first-order valence-electron chi connectivity index (χ1n) is 11.9. The number of aliphatic hydroxyl groups is 3. The highest BCUT2D eigenvalue weighted by Gasteiger charge is 2.65. The molecule has 4 fully saturated rings. The van der Waals surface area contributed by atoms with E-state index in [-0.39, 0.29) is 53.4 Å². The van der Waals surface area contributed by atoms with Crippen molar-refractivity contribution < 1.29 is 29.6 Å². The molecule has 0 aromatic rings. The third-order valence-electron chi connectivity index (χ3n) is 10.4. The molecule has 0 aliphatic heterocycles. The Labute approximate surface area is 179 Å². The molecule has 6 heteroatoms. The van der Waals surface area contributed by atoms with Crippen LogP contribution in [-0.2, 0) is 4.79 Å². The first kappa shape index (κ1) is 22.5. The molecule has 3 unspecified atom stereocenters. The maximum atomic E-state index is 14.0. The molecule has 30 heavy (non-hydrogen) atoms. The summed E-state index contributed by atoms with van der Waals surface area (Å²) >= 11 is 0. The van der Waals surface area contributed by atoms with Crippen LogP contribution in [0.2, 0.25) is 0 Å². The summed E-state index contributed by atoms with van der Waals surface area (Å²) in [4.78, 5) is 11.0. The molecule has 4 N–H and O–H groups in total. The van der Waals surface area contributed by atoms with E-state index in [1.54, 1.807) is 0 Å². The molecule has 0 heterocycles. The summed E-state index contributed by atoms with van der Waals surface area (Å²) in [6.07, 6.45) is 2.41. The molecule has 4 aliphatic carbocycles. The second-order valence-corrected chi connectivity index (χ2v) is 11.5. The molecule has 172 valence electrons. The van der Waals surface area contributed by atoms with Gasteiger partial charge in [-0.05, 0) is 97.7 Å². The molecule has 0 spiro atoms. The average molecular weight is 427 g/mol. The van der Waals surface area contributed by atoms with Gasteiger partial charge in [-0.15, -0.1) is 0 Å². The largest absolute Gasteiger partial charge is 0.479 e. The molecule has 5 nitrogen and oxygen atoms in total. The van der Waals surface area contributed by atoms with E-state index in [1.807, 2.05) is 6.92 Å². The predicted octanol–water partition coefficient (Wildman–Crippen LogP) is 3.40. The number of carboxylic acid groups (broad SMARTS) is 1. The highest BCUT2D eigenvalue weighted by atomic mass is 19.1. The molecule has 0 amide bonds. The quantitative estimate of drug-likeness (QED) is 0.552. The fourth-order valence-corrected chi connectivity index (χ4v) is 8.72. The zero-order valence-electron chi connectivity index (χ0n) is 18.5. The summed E-state index contributed by atoms with van der Waals surface area (Å²) in [5, 5.41) is 41.9. The van der Waals surface area contributed by atoms with Gasteiger partial charge >= 0.3 is 5.97 Å². The molecule has 0 bridgehead atoms. The van der Waals surface area contributed by atoms with Crippen LogP contribution in [0.3, 0.4) is 0 Å². The van der Waals surface area contributed by atoms with Crippen molar-refractivity contribution in [3.63, 3.8) is 0 Å². The van der Waals surface area contributed by atoms with Crippen molar-refractivity contribution in [2.45, 2.75) is 96.6 Å². The van der Waals surface area contributed by atoms with Crippen LogP contribution in [0.4, 0.5) is 4.39 Å². The summed E-state index contributed by atoms with van der Waals surface area (Å²) < 4.78 is 14.0. The predicted molar refractivity (Wildman–Crippen MR) is 110 cm³/mol. The molecule has 12 atom stereocenters. The lowest BCUT2D eigenvalue weighted by atomic mass is 9.43. The Bertz CT molecular complexity index is 672. The van der Waals surface area contributed by atoms with Crippen LogP contribution in [0.5, 0.6) is 0 Å². The van der Waals surface area contributed by atoms with Gasteiger partial charge in [-0.1, -0.05) is 20.8 Å². The van der Waals surface area contributed by atoms with Gasteiger partial charge in [0, 0.05) is 0 Å². The zero-order valence-corrected chi connectivity index (χ0v) is 18.5. The topological polar surface area (TPSA) is 98.0 Å². The van der Waals surface area contributed by atoms with Crippen LogP contribution >= 0.6 is 0 Å². The van der Waals surface area contributed by atoms with Crippen molar-refractivity contribution in [3.8, 4) is 0 Å². The number of alkyl halides is 1. The molecular weight excluding hydrogens is 387 g/mol. The van der Waals surface area contributed by atoms with Crippen molar-refractivity contribution in [3.05, 3.63) is 0 Å². The van der Waals surface area contributed by atoms with Crippen molar-refractivity contribution in [1.29, 1.82) is 0 Å². The average Bonchev–Trinajstić information content (AvgIpc) is 3.02. The Morgan fingerprint density at radius 3 is 2.43 bits per heavy atom. The highest BCUT2D eigenvalue weighted by Crippen LogP contribution is 2.68. The van der Waals surface area contributed by atoms with Crippen LogP contribution in [-0.4, -0.2) is 50.9 Å². The fourth-order valence-electron chi connectivity index (χ4n) is 8.72. The van der Waals surface area contributed by atoms with Gasteiger partial charge in [-0.3, -0.25) is 0 Å². The Hall–Kier alpha value is -0.720. The van der Waals surface area contributed by atoms with Gasteiger partial charge in [0.05, 0.1) is 18.3 Å². The summed E-state index contributed by atoms with van der Waals surface area (Å²) in [5.41, 5.74) is -0.389. The summed E-state index contributed by atoms with van der Waals surface area (Å²) in [7, 11) is 0. The normalized spacial score (nSPS) is 52.6. The fraction of sp³-hybridized carbons (Fsp3) is 0.958. The number of aliphatic hydroxyl groups excluding tert-OH is 3. The van der Waals surface area contributed by atoms with Crippen molar-refractivity contribution >= 4 is 5.97 Å². The standard InChI is InChI=1S/C24H39FO5/c1-12(8-18(25)22(29)30)15-4-5-16-21-17(11-20(28)24(15,16)3)23(2)7-6-14(26)9-13(23)10-19(21)27/h12-21,26-28H,4-11H2,1-3H3,(H,29,30)/t12-,13+,14-,15-,16?,17?,18-,19-,20+,21?,23+,24-/m1/s1. The molecule has 0 aromatic heterocycles. The molecule has 0 aromatic carbocycles. The van der Waals surface area contributed by atoms with E-state index in [1.165, 1.54) is 0 Å².